The van der Waals surface area contributed by atoms with Crippen molar-refractivity contribution in [2.75, 3.05) is 6.61 Å². The van der Waals surface area contributed by atoms with Gasteiger partial charge in [0.05, 0.1) is 0 Å². The smallest absolute Gasteiger partial charge is 0.368 e. The van der Waals surface area contributed by atoms with Gasteiger partial charge in [0.1, 0.15) is 5.75 Å². The Morgan fingerprint density at radius 1 is 1.33 bits per heavy atom. The van der Waals surface area contributed by atoms with Crippen molar-refractivity contribution < 1.29 is 28.6 Å². The van der Waals surface area contributed by atoms with Gasteiger partial charge in [0.15, 0.2) is 0 Å². The van der Waals surface area contributed by atoms with Crippen LogP contribution in [0.15, 0.2) is 30.3 Å². The van der Waals surface area contributed by atoms with E-state index in [-0.39, 0.29) is 12.4 Å². The van der Waals surface area contributed by atoms with Crippen LogP contribution in [0, 0.1) is 0 Å². The van der Waals surface area contributed by atoms with E-state index in [4.69, 9.17) is 9.47 Å². The molecular formula is C11H15O6P. The zero-order valence-electron chi connectivity index (χ0n) is 10.1. The van der Waals surface area contributed by atoms with E-state index in [1.165, 1.54) is 19.1 Å². The van der Waals surface area contributed by atoms with Crippen molar-refractivity contribution in [2.45, 2.75) is 19.2 Å². The SMILES string of the molecule is CCOC(C)(C(=O)Oc1ccccc1)P(=O)(O)O. The zero-order valence-corrected chi connectivity index (χ0v) is 11.0. The summed E-state index contributed by atoms with van der Waals surface area (Å²) in [6.07, 6.45) is 0. The third-order valence-corrected chi connectivity index (χ3v) is 3.74. The Balaban J connectivity index is 2.95. The summed E-state index contributed by atoms with van der Waals surface area (Å²) in [4.78, 5) is 30.2. The van der Waals surface area contributed by atoms with Crippen LogP contribution in [0.5, 0.6) is 5.75 Å². The second kappa shape index (κ2) is 5.63. The summed E-state index contributed by atoms with van der Waals surface area (Å²) in [7, 11) is -4.79. The van der Waals surface area contributed by atoms with E-state index in [0.29, 0.717) is 0 Å². The topological polar surface area (TPSA) is 93.1 Å². The fourth-order valence-electron chi connectivity index (χ4n) is 1.23. The van der Waals surface area contributed by atoms with Gasteiger partial charge in [-0.15, -0.1) is 0 Å². The fourth-order valence-corrected chi connectivity index (χ4v) is 1.81. The lowest BCUT2D eigenvalue weighted by Crippen LogP contribution is -2.41. The third kappa shape index (κ3) is 3.17. The summed E-state index contributed by atoms with van der Waals surface area (Å²) >= 11 is 0. The van der Waals surface area contributed by atoms with Crippen LogP contribution >= 0.6 is 7.60 Å². The highest BCUT2D eigenvalue weighted by Gasteiger charge is 2.52. The van der Waals surface area contributed by atoms with Gasteiger partial charge in [-0.3, -0.25) is 4.57 Å². The average Bonchev–Trinajstić information content (AvgIpc) is 2.29. The van der Waals surface area contributed by atoms with E-state index in [0.717, 1.165) is 6.92 Å². The van der Waals surface area contributed by atoms with Crippen LogP contribution in [-0.4, -0.2) is 27.7 Å². The van der Waals surface area contributed by atoms with Crippen molar-refractivity contribution in [2.24, 2.45) is 0 Å². The van der Waals surface area contributed by atoms with Crippen LogP contribution in [-0.2, 0) is 14.1 Å². The Kier molecular flexibility index (Phi) is 4.65. The predicted octanol–water partition coefficient (Wildman–Crippen LogP) is 1.52. The molecule has 7 heteroatoms. The van der Waals surface area contributed by atoms with Crippen LogP contribution in [0.1, 0.15) is 13.8 Å². The molecule has 0 spiro atoms. The molecule has 0 fully saturated rings. The molecule has 0 aliphatic rings. The molecule has 0 saturated carbocycles. The maximum Gasteiger partial charge on any atom is 0.368 e. The lowest BCUT2D eigenvalue weighted by atomic mass is 10.3. The van der Waals surface area contributed by atoms with Crippen molar-refractivity contribution in [3.63, 3.8) is 0 Å². The van der Waals surface area contributed by atoms with Gasteiger partial charge in [0, 0.05) is 6.61 Å². The Bertz CT molecular complexity index is 454. The lowest BCUT2D eigenvalue weighted by Gasteiger charge is -2.27. The number of benzene rings is 1. The van der Waals surface area contributed by atoms with Crippen molar-refractivity contribution >= 4 is 13.6 Å². The normalized spacial score (nSPS) is 14.9. The van der Waals surface area contributed by atoms with Gasteiger partial charge in [0.25, 0.3) is 5.34 Å². The number of esters is 1. The largest absolute Gasteiger partial charge is 0.424 e. The zero-order chi connectivity index (χ0) is 13.8. The van der Waals surface area contributed by atoms with Gasteiger partial charge in [-0.25, -0.2) is 4.79 Å². The molecule has 1 atom stereocenters. The molecule has 18 heavy (non-hydrogen) atoms. The van der Waals surface area contributed by atoms with Crippen LogP contribution in [0.25, 0.3) is 0 Å². The van der Waals surface area contributed by atoms with Gasteiger partial charge >= 0.3 is 13.6 Å². The quantitative estimate of drug-likeness (QED) is 0.480. The highest BCUT2D eigenvalue weighted by Crippen LogP contribution is 2.51. The molecule has 1 unspecified atom stereocenters. The van der Waals surface area contributed by atoms with E-state index >= 15 is 0 Å². The van der Waals surface area contributed by atoms with E-state index in [9.17, 15) is 19.1 Å². The van der Waals surface area contributed by atoms with Gasteiger partial charge in [-0.05, 0) is 26.0 Å². The number of carbonyl (C=O) groups is 1. The molecule has 1 rings (SSSR count). The first kappa shape index (κ1) is 14.9. The molecule has 0 radical (unpaired) electrons. The molecule has 6 nitrogen and oxygen atoms in total. The highest BCUT2D eigenvalue weighted by atomic mass is 31.2. The van der Waals surface area contributed by atoms with Crippen molar-refractivity contribution in [1.82, 2.24) is 0 Å². The van der Waals surface area contributed by atoms with E-state index < -0.39 is 18.9 Å². The minimum Gasteiger partial charge on any atom is -0.424 e. The van der Waals surface area contributed by atoms with E-state index in [1.807, 2.05) is 0 Å². The minimum atomic E-state index is -4.79. The predicted molar refractivity (Wildman–Crippen MR) is 64.2 cm³/mol. The summed E-state index contributed by atoms with van der Waals surface area (Å²) in [5, 5.41) is -2.29. The summed E-state index contributed by atoms with van der Waals surface area (Å²) in [5.41, 5.74) is 0. The lowest BCUT2D eigenvalue weighted by molar-refractivity contribution is -0.151. The molecule has 0 heterocycles. The molecule has 0 aliphatic carbocycles. The molecule has 2 N–H and O–H groups in total. The summed E-state index contributed by atoms with van der Waals surface area (Å²) in [6.45, 7) is 2.53. The van der Waals surface area contributed by atoms with Crippen molar-refractivity contribution in [3.05, 3.63) is 30.3 Å². The summed E-state index contributed by atoms with van der Waals surface area (Å²) < 4.78 is 21.1. The number of hydrogen-bond acceptors (Lipinski definition) is 4. The molecule has 0 amide bonds. The molecule has 1 aromatic carbocycles. The number of hydrogen-bond donors (Lipinski definition) is 2. The van der Waals surface area contributed by atoms with Gasteiger partial charge in [-0.1, -0.05) is 18.2 Å². The molecule has 1 aromatic rings. The van der Waals surface area contributed by atoms with Crippen molar-refractivity contribution in [3.8, 4) is 5.75 Å². The molecule has 100 valence electrons. The Hall–Kier alpha value is -1.20. The van der Waals surface area contributed by atoms with Crippen LogP contribution in [0.4, 0.5) is 0 Å². The Morgan fingerprint density at radius 3 is 2.33 bits per heavy atom. The summed E-state index contributed by atoms with van der Waals surface area (Å²) in [6, 6.07) is 8.01. The third-order valence-electron chi connectivity index (χ3n) is 2.31. The molecule has 0 bridgehead atoms. The van der Waals surface area contributed by atoms with Crippen LogP contribution in [0.3, 0.4) is 0 Å². The second-order valence-corrected chi connectivity index (χ2v) is 5.60. The molecule has 0 saturated heterocycles. The summed E-state index contributed by atoms with van der Waals surface area (Å²) in [5.74, 6) is -0.925. The highest BCUT2D eigenvalue weighted by molar-refractivity contribution is 7.54. The number of rotatable bonds is 5. The van der Waals surface area contributed by atoms with E-state index in [2.05, 4.69) is 0 Å². The van der Waals surface area contributed by atoms with E-state index in [1.54, 1.807) is 18.2 Å². The van der Waals surface area contributed by atoms with Gasteiger partial charge < -0.3 is 19.3 Å². The number of para-hydroxylation sites is 1. The van der Waals surface area contributed by atoms with Gasteiger partial charge in [0.2, 0.25) is 0 Å². The Morgan fingerprint density at radius 2 is 1.89 bits per heavy atom. The first-order valence-corrected chi connectivity index (χ1v) is 6.89. The first-order chi connectivity index (χ1) is 8.31. The van der Waals surface area contributed by atoms with Crippen LogP contribution < -0.4 is 4.74 Å². The van der Waals surface area contributed by atoms with Crippen molar-refractivity contribution in [1.29, 1.82) is 0 Å². The monoisotopic (exact) mass is 274 g/mol. The molecule has 0 aromatic heterocycles. The molecular weight excluding hydrogens is 259 g/mol. The van der Waals surface area contributed by atoms with Crippen LogP contribution in [0.2, 0.25) is 0 Å². The van der Waals surface area contributed by atoms with Gasteiger partial charge in [-0.2, -0.15) is 0 Å². The second-order valence-electron chi connectivity index (χ2n) is 3.66. The average molecular weight is 274 g/mol. The molecule has 0 aliphatic heterocycles. The fraction of sp³-hybridized carbons (Fsp3) is 0.364. The number of carbonyl (C=O) groups excluding carboxylic acids is 1. The first-order valence-electron chi connectivity index (χ1n) is 5.28. The maximum absolute atomic E-state index is 11.8. The standard InChI is InChI=1S/C11H15O6P/c1-3-16-11(2,18(13,14)15)10(12)17-9-7-5-4-6-8-9/h4-8H,3H2,1-2H3,(H2,13,14,15). The Labute approximate surface area is 105 Å². The number of ether oxygens (including phenoxy) is 2. The maximum atomic E-state index is 11.8. The minimum absolute atomic E-state index is 0.0223.